The molecule has 100 valence electrons. The van der Waals surface area contributed by atoms with Gasteiger partial charge in [-0.3, -0.25) is 4.79 Å². The number of carbonyl (C=O) groups excluding carboxylic acids is 1. The number of carbonyl (C=O) groups is 1. The van der Waals surface area contributed by atoms with Gasteiger partial charge in [-0.05, 0) is 31.6 Å². The van der Waals surface area contributed by atoms with Crippen LogP contribution in [0.5, 0.6) is 0 Å². The van der Waals surface area contributed by atoms with Crippen molar-refractivity contribution < 1.29 is 9.90 Å². The summed E-state index contributed by atoms with van der Waals surface area (Å²) < 4.78 is 0. The predicted molar refractivity (Wildman–Crippen MR) is 72.0 cm³/mol. The molecular formula is C12H19N3O2S. The first kappa shape index (κ1) is 13.3. The molecule has 0 unspecified atom stereocenters. The molecule has 1 aliphatic carbocycles. The van der Waals surface area contributed by atoms with Crippen LogP contribution >= 0.6 is 11.3 Å². The molecular weight excluding hydrogens is 250 g/mol. The monoisotopic (exact) mass is 269 g/mol. The summed E-state index contributed by atoms with van der Waals surface area (Å²) in [6, 6.07) is 0.222. The van der Waals surface area contributed by atoms with Crippen molar-refractivity contribution in [3.63, 3.8) is 0 Å². The van der Waals surface area contributed by atoms with E-state index < -0.39 is 0 Å². The number of hydrogen-bond donors (Lipinski definition) is 3. The van der Waals surface area contributed by atoms with E-state index >= 15 is 0 Å². The molecule has 1 fully saturated rings. The quantitative estimate of drug-likeness (QED) is 0.774. The van der Waals surface area contributed by atoms with Crippen molar-refractivity contribution in [2.75, 3.05) is 19.0 Å². The van der Waals surface area contributed by atoms with E-state index in [-0.39, 0.29) is 18.6 Å². The molecule has 1 aromatic heterocycles. The third-order valence-corrected chi connectivity index (χ3v) is 4.25. The minimum Gasteiger partial charge on any atom is -0.396 e. The molecule has 6 heteroatoms. The molecule has 18 heavy (non-hydrogen) atoms. The third kappa shape index (κ3) is 3.20. The molecule has 1 heterocycles. The van der Waals surface area contributed by atoms with Crippen molar-refractivity contribution in [3.05, 3.63) is 11.1 Å². The fourth-order valence-corrected chi connectivity index (χ4v) is 2.89. The van der Waals surface area contributed by atoms with Gasteiger partial charge in [-0.15, -0.1) is 11.3 Å². The van der Waals surface area contributed by atoms with E-state index in [1.165, 1.54) is 11.3 Å². The lowest BCUT2D eigenvalue weighted by Gasteiger charge is -2.27. The molecule has 1 saturated carbocycles. The van der Waals surface area contributed by atoms with Crippen LogP contribution in [-0.2, 0) is 0 Å². The van der Waals surface area contributed by atoms with Gasteiger partial charge in [0.05, 0.1) is 0 Å². The predicted octanol–water partition coefficient (Wildman–Crippen LogP) is 1.47. The maximum absolute atomic E-state index is 11.9. The van der Waals surface area contributed by atoms with Crippen LogP contribution in [0.15, 0.2) is 5.38 Å². The molecule has 0 spiro atoms. The zero-order chi connectivity index (χ0) is 13.0. The van der Waals surface area contributed by atoms with Crippen molar-refractivity contribution in [3.8, 4) is 0 Å². The average Bonchev–Trinajstić information content (AvgIpc) is 2.88. The van der Waals surface area contributed by atoms with Crippen LogP contribution in [0.25, 0.3) is 0 Å². The molecule has 5 nitrogen and oxygen atoms in total. The molecule has 0 saturated heterocycles. The number of amides is 1. The third-order valence-electron chi connectivity index (χ3n) is 3.39. The number of nitrogens with one attached hydrogen (secondary N) is 2. The first-order chi connectivity index (χ1) is 8.72. The van der Waals surface area contributed by atoms with Gasteiger partial charge in [0.25, 0.3) is 5.91 Å². The number of thiazole rings is 1. The van der Waals surface area contributed by atoms with Crippen LogP contribution in [-0.4, -0.2) is 35.7 Å². The summed E-state index contributed by atoms with van der Waals surface area (Å²) in [5.74, 6) is 0.313. The highest BCUT2D eigenvalue weighted by molar-refractivity contribution is 7.13. The van der Waals surface area contributed by atoms with Crippen molar-refractivity contribution in [1.29, 1.82) is 0 Å². The van der Waals surface area contributed by atoms with E-state index in [0.717, 1.165) is 30.8 Å². The van der Waals surface area contributed by atoms with Crippen molar-refractivity contribution >= 4 is 22.4 Å². The van der Waals surface area contributed by atoms with Gasteiger partial charge in [0.2, 0.25) is 0 Å². The molecule has 0 aliphatic heterocycles. The normalized spacial score (nSPS) is 23.7. The van der Waals surface area contributed by atoms with Crippen molar-refractivity contribution in [2.45, 2.75) is 31.7 Å². The Hall–Kier alpha value is -1.14. The maximum Gasteiger partial charge on any atom is 0.271 e. The minimum absolute atomic E-state index is 0.0970. The summed E-state index contributed by atoms with van der Waals surface area (Å²) in [7, 11) is 1.79. The van der Waals surface area contributed by atoms with Crippen LogP contribution < -0.4 is 10.6 Å². The van der Waals surface area contributed by atoms with Gasteiger partial charge in [0.15, 0.2) is 5.13 Å². The molecule has 0 radical (unpaired) electrons. The summed E-state index contributed by atoms with van der Waals surface area (Å²) in [4.78, 5) is 16.1. The number of hydrogen-bond acceptors (Lipinski definition) is 5. The van der Waals surface area contributed by atoms with E-state index in [4.69, 9.17) is 5.11 Å². The SMILES string of the molecule is CNc1nc(C(=O)NC2CCC(CO)CC2)cs1. The Kier molecular flexibility index (Phi) is 4.54. The van der Waals surface area contributed by atoms with Crippen LogP contribution in [0.3, 0.4) is 0 Å². The number of nitrogens with zero attached hydrogens (tertiary/aromatic N) is 1. The maximum atomic E-state index is 11.9. The minimum atomic E-state index is -0.0970. The zero-order valence-electron chi connectivity index (χ0n) is 10.5. The van der Waals surface area contributed by atoms with Crippen LogP contribution in [0.1, 0.15) is 36.2 Å². The molecule has 0 aromatic carbocycles. The Balaban J connectivity index is 1.84. The van der Waals surface area contributed by atoms with Gasteiger partial charge < -0.3 is 15.7 Å². The Morgan fingerprint density at radius 1 is 1.50 bits per heavy atom. The fraction of sp³-hybridized carbons (Fsp3) is 0.667. The number of aromatic nitrogens is 1. The molecule has 2 rings (SSSR count). The summed E-state index contributed by atoms with van der Waals surface area (Å²) in [5.41, 5.74) is 0.480. The summed E-state index contributed by atoms with van der Waals surface area (Å²) in [6.45, 7) is 0.262. The Morgan fingerprint density at radius 3 is 2.78 bits per heavy atom. The van der Waals surface area contributed by atoms with Crippen molar-refractivity contribution in [1.82, 2.24) is 10.3 Å². The zero-order valence-corrected chi connectivity index (χ0v) is 11.3. The topological polar surface area (TPSA) is 74.2 Å². The van der Waals surface area contributed by atoms with E-state index in [1.54, 1.807) is 12.4 Å². The number of rotatable bonds is 4. The molecule has 0 bridgehead atoms. The lowest BCUT2D eigenvalue weighted by Crippen LogP contribution is -2.38. The van der Waals surface area contributed by atoms with Gasteiger partial charge in [-0.2, -0.15) is 0 Å². The standard InChI is InChI=1S/C12H19N3O2S/c1-13-12-15-10(7-18-12)11(17)14-9-4-2-8(6-16)3-5-9/h7-9,16H,2-6H2,1H3,(H,13,15)(H,14,17). The lowest BCUT2D eigenvalue weighted by molar-refractivity contribution is 0.0909. The van der Waals surface area contributed by atoms with Crippen LogP contribution in [0, 0.1) is 5.92 Å². The largest absolute Gasteiger partial charge is 0.396 e. The van der Waals surface area contributed by atoms with Crippen LogP contribution in [0.4, 0.5) is 5.13 Å². The second-order valence-corrected chi connectivity index (χ2v) is 5.52. The lowest BCUT2D eigenvalue weighted by atomic mass is 9.86. The van der Waals surface area contributed by atoms with Gasteiger partial charge in [-0.25, -0.2) is 4.98 Å². The summed E-state index contributed by atoms with van der Waals surface area (Å²) >= 11 is 1.43. The van der Waals surface area contributed by atoms with E-state index in [2.05, 4.69) is 15.6 Å². The number of anilines is 1. The first-order valence-corrected chi connectivity index (χ1v) is 7.16. The van der Waals surface area contributed by atoms with E-state index in [0.29, 0.717) is 11.6 Å². The van der Waals surface area contributed by atoms with Gasteiger partial charge in [-0.1, -0.05) is 0 Å². The number of aliphatic hydroxyl groups excluding tert-OH is 1. The molecule has 1 aliphatic rings. The highest BCUT2D eigenvalue weighted by atomic mass is 32.1. The Morgan fingerprint density at radius 2 is 2.22 bits per heavy atom. The highest BCUT2D eigenvalue weighted by Gasteiger charge is 2.22. The molecule has 3 N–H and O–H groups in total. The fourth-order valence-electron chi connectivity index (χ4n) is 2.24. The Labute approximate surface area is 111 Å². The molecule has 1 amide bonds. The van der Waals surface area contributed by atoms with Gasteiger partial charge in [0, 0.05) is 25.1 Å². The Bertz CT molecular complexity index is 400. The number of aliphatic hydroxyl groups is 1. The van der Waals surface area contributed by atoms with Crippen LogP contribution in [0.2, 0.25) is 0 Å². The van der Waals surface area contributed by atoms with Gasteiger partial charge in [0.1, 0.15) is 5.69 Å². The second-order valence-electron chi connectivity index (χ2n) is 4.66. The molecule has 0 atom stereocenters. The highest BCUT2D eigenvalue weighted by Crippen LogP contribution is 2.24. The summed E-state index contributed by atoms with van der Waals surface area (Å²) in [6.07, 6.45) is 3.86. The smallest absolute Gasteiger partial charge is 0.271 e. The van der Waals surface area contributed by atoms with Gasteiger partial charge >= 0.3 is 0 Å². The average molecular weight is 269 g/mol. The summed E-state index contributed by atoms with van der Waals surface area (Å²) in [5, 5.41) is 17.5. The van der Waals surface area contributed by atoms with E-state index in [1.807, 2.05) is 0 Å². The second kappa shape index (κ2) is 6.15. The molecule has 1 aromatic rings. The van der Waals surface area contributed by atoms with Crippen molar-refractivity contribution in [2.24, 2.45) is 5.92 Å². The van der Waals surface area contributed by atoms with E-state index in [9.17, 15) is 4.79 Å². The first-order valence-electron chi connectivity index (χ1n) is 6.28.